The number of carbonyl (C=O) groups is 1. The first kappa shape index (κ1) is 11.7. The van der Waals surface area contributed by atoms with E-state index in [0.717, 1.165) is 22.8 Å². The van der Waals surface area contributed by atoms with Gasteiger partial charge in [-0.1, -0.05) is 18.2 Å². The van der Waals surface area contributed by atoms with Crippen LogP contribution in [0.25, 0.3) is 10.9 Å². The fourth-order valence-electron chi connectivity index (χ4n) is 2.09. The van der Waals surface area contributed by atoms with Gasteiger partial charge in [-0.05, 0) is 20.2 Å². The number of aldehydes is 1. The van der Waals surface area contributed by atoms with Crippen LogP contribution in [0, 0.1) is 0 Å². The highest BCUT2D eigenvalue weighted by atomic mass is 16.6. The zero-order valence-electron chi connectivity index (χ0n) is 10.3. The maximum Gasteiger partial charge on any atom is 0.170 e. The Labute approximate surface area is 100 Å². The van der Waals surface area contributed by atoms with Crippen LogP contribution in [0.3, 0.4) is 0 Å². The summed E-state index contributed by atoms with van der Waals surface area (Å²) in [6, 6.07) is 7.86. The molecule has 1 aromatic heterocycles. The second-order valence-corrected chi connectivity index (χ2v) is 4.21. The molecule has 0 aliphatic rings. The lowest BCUT2D eigenvalue weighted by Gasteiger charge is -2.09. The van der Waals surface area contributed by atoms with Crippen LogP contribution in [0.15, 0.2) is 24.3 Å². The maximum absolute atomic E-state index is 11.2. The topological polar surface area (TPSA) is 34.5 Å². The van der Waals surface area contributed by atoms with Gasteiger partial charge in [0.05, 0.1) is 5.52 Å². The molecule has 0 atom stereocenters. The minimum absolute atomic E-state index is 0.586. The van der Waals surface area contributed by atoms with Gasteiger partial charge in [-0.2, -0.15) is 4.73 Å². The lowest BCUT2D eigenvalue weighted by Crippen LogP contribution is -2.14. The first-order chi connectivity index (χ1) is 8.19. The van der Waals surface area contributed by atoms with Crippen LogP contribution < -0.4 is 4.84 Å². The van der Waals surface area contributed by atoms with Crippen molar-refractivity contribution in [3.8, 4) is 0 Å². The fraction of sp³-hybridized carbons (Fsp3) is 0.308. The first-order valence-corrected chi connectivity index (χ1v) is 5.45. The normalized spacial score (nSPS) is 11.1. The summed E-state index contributed by atoms with van der Waals surface area (Å²) in [4.78, 5) is 18.6. The van der Waals surface area contributed by atoms with Crippen LogP contribution in [0.5, 0.6) is 0 Å². The number of hydrogen-bond donors (Lipinski definition) is 0. The van der Waals surface area contributed by atoms with Crippen LogP contribution in [-0.2, 0) is 6.54 Å². The average molecular weight is 232 g/mol. The number of rotatable bonds is 4. The molecule has 0 saturated heterocycles. The minimum atomic E-state index is 0.586. The molecule has 1 heterocycles. The highest BCUT2D eigenvalue weighted by molar-refractivity contribution is 5.92. The predicted molar refractivity (Wildman–Crippen MR) is 67.2 cm³/mol. The van der Waals surface area contributed by atoms with Gasteiger partial charge in [0.25, 0.3) is 0 Å². The van der Waals surface area contributed by atoms with Crippen molar-refractivity contribution in [2.45, 2.75) is 6.54 Å². The quantitative estimate of drug-likeness (QED) is 0.750. The molecule has 90 valence electrons. The van der Waals surface area contributed by atoms with Gasteiger partial charge >= 0.3 is 0 Å². The largest absolute Gasteiger partial charge is 0.416 e. The molecule has 0 amide bonds. The third-order valence-electron chi connectivity index (χ3n) is 2.74. The molecular formula is C13H16N2O2. The lowest BCUT2D eigenvalue weighted by molar-refractivity contribution is 0.107. The van der Waals surface area contributed by atoms with Crippen molar-refractivity contribution in [1.82, 2.24) is 9.63 Å². The zero-order valence-corrected chi connectivity index (χ0v) is 10.3. The van der Waals surface area contributed by atoms with Gasteiger partial charge in [0.2, 0.25) is 0 Å². The summed E-state index contributed by atoms with van der Waals surface area (Å²) in [5.74, 6) is 0. The van der Waals surface area contributed by atoms with Gasteiger partial charge in [0.15, 0.2) is 6.29 Å². The molecule has 0 fully saturated rings. The van der Waals surface area contributed by atoms with E-state index < -0.39 is 0 Å². The van der Waals surface area contributed by atoms with Gasteiger partial charge in [-0.25, -0.2) is 0 Å². The molecule has 0 aliphatic heterocycles. The van der Waals surface area contributed by atoms with Crippen LogP contribution >= 0.6 is 0 Å². The van der Waals surface area contributed by atoms with Crippen molar-refractivity contribution < 1.29 is 9.63 Å². The monoisotopic (exact) mass is 232 g/mol. The Morgan fingerprint density at radius 2 is 2.06 bits per heavy atom. The summed E-state index contributed by atoms with van der Waals surface area (Å²) in [6.07, 6.45) is 0.850. The predicted octanol–water partition coefficient (Wildman–Crippen LogP) is 1.57. The van der Waals surface area contributed by atoms with E-state index in [2.05, 4.69) is 0 Å². The molecule has 2 aromatic rings. The molecule has 0 saturated carbocycles. The van der Waals surface area contributed by atoms with Gasteiger partial charge in [-0.3, -0.25) is 4.79 Å². The summed E-state index contributed by atoms with van der Waals surface area (Å²) in [7, 11) is 5.53. The summed E-state index contributed by atoms with van der Waals surface area (Å²) in [5, 5.41) is 1.06. The molecule has 0 N–H and O–H groups in total. The number of hydrogen-bond acceptors (Lipinski definition) is 3. The molecule has 17 heavy (non-hydrogen) atoms. The molecule has 4 heteroatoms. The SMILES string of the molecule is COn1c(C=O)c(CN(C)C)c2ccccc21. The first-order valence-electron chi connectivity index (χ1n) is 5.45. The number of aromatic nitrogens is 1. The summed E-state index contributed by atoms with van der Waals surface area (Å²) < 4.78 is 1.58. The Morgan fingerprint density at radius 1 is 1.35 bits per heavy atom. The second kappa shape index (κ2) is 4.59. The summed E-state index contributed by atoms with van der Waals surface area (Å²) >= 11 is 0. The molecule has 0 bridgehead atoms. The van der Waals surface area contributed by atoms with E-state index in [-0.39, 0.29) is 0 Å². The van der Waals surface area contributed by atoms with Crippen molar-refractivity contribution >= 4 is 17.2 Å². The van der Waals surface area contributed by atoms with E-state index in [1.165, 1.54) is 0 Å². The fourth-order valence-corrected chi connectivity index (χ4v) is 2.09. The third kappa shape index (κ3) is 1.91. The van der Waals surface area contributed by atoms with E-state index in [1.54, 1.807) is 11.8 Å². The van der Waals surface area contributed by atoms with Crippen molar-refractivity contribution in [2.24, 2.45) is 0 Å². The van der Waals surface area contributed by atoms with Crippen molar-refractivity contribution in [3.05, 3.63) is 35.5 Å². The number of nitrogens with zero attached hydrogens (tertiary/aromatic N) is 2. The minimum Gasteiger partial charge on any atom is -0.416 e. The van der Waals surface area contributed by atoms with E-state index in [4.69, 9.17) is 4.84 Å². The maximum atomic E-state index is 11.2. The number of benzene rings is 1. The van der Waals surface area contributed by atoms with Crippen molar-refractivity contribution in [3.63, 3.8) is 0 Å². The van der Waals surface area contributed by atoms with Gasteiger partial charge in [0.1, 0.15) is 12.8 Å². The summed E-state index contributed by atoms with van der Waals surface area (Å²) in [6.45, 7) is 0.713. The number of carbonyl (C=O) groups excluding carboxylic acids is 1. The van der Waals surface area contributed by atoms with Gasteiger partial charge in [-0.15, -0.1) is 0 Å². The van der Waals surface area contributed by atoms with Crippen LogP contribution in [0.2, 0.25) is 0 Å². The summed E-state index contributed by atoms with van der Waals surface area (Å²) in [5.41, 5.74) is 2.51. The van der Waals surface area contributed by atoms with Crippen LogP contribution in [0.1, 0.15) is 16.1 Å². The zero-order chi connectivity index (χ0) is 12.4. The highest BCUT2D eigenvalue weighted by Gasteiger charge is 2.17. The van der Waals surface area contributed by atoms with Crippen molar-refractivity contribution in [1.29, 1.82) is 0 Å². The Bertz CT molecular complexity index is 544. The van der Waals surface area contributed by atoms with Crippen LogP contribution in [0.4, 0.5) is 0 Å². The Kier molecular flexibility index (Phi) is 3.15. The van der Waals surface area contributed by atoms with E-state index >= 15 is 0 Å². The van der Waals surface area contributed by atoms with E-state index in [9.17, 15) is 4.79 Å². The van der Waals surface area contributed by atoms with Gasteiger partial charge in [0, 0.05) is 17.5 Å². The van der Waals surface area contributed by atoms with Crippen LogP contribution in [-0.4, -0.2) is 37.1 Å². The van der Waals surface area contributed by atoms with Crippen molar-refractivity contribution in [2.75, 3.05) is 21.2 Å². The molecule has 4 nitrogen and oxygen atoms in total. The molecule has 2 rings (SSSR count). The number of fused-ring (bicyclic) bond motifs is 1. The van der Waals surface area contributed by atoms with Gasteiger partial charge < -0.3 is 9.74 Å². The van der Waals surface area contributed by atoms with E-state index in [1.807, 2.05) is 43.3 Å². The Morgan fingerprint density at radius 3 is 2.65 bits per heavy atom. The van der Waals surface area contributed by atoms with E-state index in [0.29, 0.717) is 12.2 Å². The molecule has 0 spiro atoms. The molecule has 0 radical (unpaired) electrons. The highest BCUT2D eigenvalue weighted by Crippen LogP contribution is 2.25. The molecule has 0 unspecified atom stereocenters. The third-order valence-corrected chi connectivity index (χ3v) is 2.74. The Hall–Kier alpha value is -1.81. The molecule has 1 aromatic carbocycles. The average Bonchev–Trinajstić information content (AvgIpc) is 2.62. The Balaban J connectivity index is 2.74. The second-order valence-electron chi connectivity index (χ2n) is 4.21. The smallest absolute Gasteiger partial charge is 0.170 e. The number of para-hydroxylation sites is 1. The molecular weight excluding hydrogens is 216 g/mol. The lowest BCUT2D eigenvalue weighted by atomic mass is 10.1. The standard InChI is InChI=1S/C13H16N2O2/c1-14(2)8-11-10-6-4-5-7-12(10)15(17-3)13(11)9-16/h4-7,9H,8H2,1-3H3. The molecule has 0 aliphatic carbocycles.